The average molecular weight is 437 g/mol. The lowest BCUT2D eigenvalue weighted by atomic mass is 10.0. The van der Waals surface area contributed by atoms with Crippen molar-refractivity contribution in [1.82, 2.24) is 19.4 Å². The molecule has 2 fully saturated rings. The molecule has 168 valence electrons. The van der Waals surface area contributed by atoms with Crippen molar-refractivity contribution in [2.45, 2.75) is 50.5 Å². The number of aryl methyl sites for hydroxylation is 1. The van der Waals surface area contributed by atoms with E-state index in [0.717, 1.165) is 38.0 Å². The molecule has 8 heteroatoms. The molecule has 2 saturated heterocycles. The molecular weight excluding hydrogens is 400 g/mol. The van der Waals surface area contributed by atoms with Gasteiger partial charge in [0.25, 0.3) is 0 Å². The maximum absolute atomic E-state index is 13.5. The number of nitrogens with zero attached hydrogens (tertiary/aromatic N) is 3. The van der Waals surface area contributed by atoms with Crippen LogP contribution in [0, 0.1) is 6.92 Å². The summed E-state index contributed by atoms with van der Waals surface area (Å²) < 4.78 is 28.5. The first-order valence-electron chi connectivity index (χ1n) is 11.2. The quantitative estimate of drug-likeness (QED) is 0.671. The first-order valence-corrected chi connectivity index (χ1v) is 12.6. The molecule has 2 heterocycles. The van der Waals surface area contributed by atoms with Gasteiger partial charge < -0.3 is 10.2 Å². The largest absolute Gasteiger partial charge is 0.340 e. The van der Waals surface area contributed by atoms with Crippen LogP contribution in [-0.4, -0.2) is 86.8 Å². The number of rotatable bonds is 8. The highest BCUT2D eigenvalue weighted by Gasteiger charge is 2.29. The van der Waals surface area contributed by atoms with Gasteiger partial charge in [0.2, 0.25) is 15.9 Å². The van der Waals surface area contributed by atoms with Gasteiger partial charge in [0, 0.05) is 58.3 Å². The summed E-state index contributed by atoms with van der Waals surface area (Å²) in [6.07, 6.45) is 3.78. The van der Waals surface area contributed by atoms with Gasteiger partial charge in [-0.25, -0.2) is 8.42 Å². The smallest absolute Gasteiger partial charge is 0.243 e. The van der Waals surface area contributed by atoms with Gasteiger partial charge in [-0.3, -0.25) is 9.69 Å². The Kier molecular flexibility index (Phi) is 8.27. The molecule has 0 aromatic heterocycles. The maximum Gasteiger partial charge on any atom is 0.243 e. The van der Waals surface area contributed by atoms with E-state index in [4.69, 9.17) is 0 Å². The fourth-order valence-electron chi connectivity index (χ4n) is 4.36. The van der Waals surface area contributed by atoms with E-state index in [1.807, 2.05) is 24.0 Å². The van der Waals surface area contributed by atoms with Crippen molar-refractivity contribution in [3.63, 3.8) is 0 Å². The summed E-state index contributed by atoms with van der Waals surface area (Å²) >= 11 is 0. The van der Waals surface area contributed by atoms with Crippen molar-refractivity contribution in [2.75, 3.05) is 52.4 Å². The van der Waals surface area contributed by atoms with Crippen LogP contribution in [0.25, 0.3) is 0 Å². The first-order chi connectivity index (χ1) is 14.4. The van der Waals surface area contributed by atoms with Crippen LogP contribution < -0.4 is 5.32 Å². The normalized spacial score (nSPS) is 21.2. The number of hydrogen-bond donors (Lipinski definition) is 1. The minimum Gasteiger partial charge on any atom is -0.340 e. The summed E-state index contributed by atoms with van der Waals surface area (Å²) in [4.78, 5) is 17.2. The van der Waals surface area contributed by atoms with Crippen LogP contribution in [0.5, 0.6) is 0 Å². The minimum atomic E-state index is -3.65. The Labute approximate surface area is 181 Å². The van der Waals surface area contributed by atoms with E-state index in [1.54, 1.807) is 12.1 Å². The van der Waals surface area contributed by atoms with Gasteiger partial charge in [0.15, 0.2) is 0 Å². The standard InChI is InChI=1S/C22H36N4O3S/c1-19-7-3-4-9-21(19)30(28,29)26(18-17-24-13-6-5-8-20(24)2)14-10-22(27)25-15-11-23-12-16-25/h3-4,7,9,20,23H,5-6,8,10-18H2,1-2H3/t20-/m0/s1. The Morgan fingerprint density at radius 1 is 1.13 bits per heavy atom. The van der Waals surface area contributed by atoms with Crippen LogP contribution in [0.4, 0.5) is 0 Å². The van der Waals surface area contributed by atoms with Crippen molar-refractivity contribution in [3.05, 3.63) is 29.8 Å². The maximum atomic E-state index is 13.5. The van der Waals surface area contributed by atoms with E-state index in [-0.39, 0.29) is 18.9 Å². The van der Waals surface area contributed by atoms with Crippen LogP contribution >= 0.6 is 0 Å². The number of hydrogen-bond acceptors (Lipinski definition) is 5. The molecule has 1 aromatic rings. The second-order valence-corrected chi connectivity index (χ2v) is 10.3. The van der Waals surface area contributed by atoms with Gasteiger partial charge >= 0.3 is 0 Å². The fourth-order valence-corrected chi connectivity index (χ4v) is 6.02. The summed E-state index contributed by atoms with van der Waals surface area (Å²) in [5.41, 5.74) is 0.738. The molecule has 1 atom stereocenters. The lowest BCUT2D eigenvalue weighted by Gasteiger charge is -2.35. The number of carbonyl (C=O) groups is 1. The number of carbonyl (C=O) groups excluding carboxylic acids is 1. The molecule has 7 nitrogen and oxygen atoms in total. The third-order valence-corrected chi connectivity index (χ3v) is 8.39. The molecule has 0 unspecified atom stereocenters. The number of sulfonamides is 1. The summed E-state index contributed by atoms with van der Waals surface area (Å²) in [6.45, 7) is 9.36. The molecule has 3 rings (SSSR count). The second kappa shape index (κ2) is 10.7. The molecular formula is C22H36N4O3S. The van der Waals surface area contributed by atoms with Crippen molar-refractivity contribution >= 4 is 15.9 Å². The van der Waals surface area contributed by atoms with Gasteiger partial charge in [0.1, 0.15) is 0 Å². The molecule has 1 aromatic carbocycles. The number of piperazine rings is 1. The van der Waals surface area contributed by atoms with E-state index in [1.165, 1.54) is 10.7 Å². The van der Waals surface area contributed by atoms with Crippen LogP contribution in [0.1, 0.15) is 38.2 Å². The predicted molar refractivity (Wildman–Crippen MR) is 119 cm³/mol. The summed E-state index contributed by atoms with van der Waals surface area (Å²) in [5.74, 6) is 0.0350. The number of benzene rings is 1. The van der Waals surface area contributed by atoms with E-state index in [2.05, 4.69) is 17.1 Å². The van der Waals surface area contributed by atoms with Gasteiger partial charge in [-0.15, -0.1) is 0 Å². The summed E-state index contributed by atoms with van der Waals surface area (Å²) in [5, 5.41) is 3.24. The Morgan fingerprint density at radius 3 is 2.57 bits per heavy atom. The number of likely N-dealkylation sites (tertiary alicyclic amines) is 1. The highest BCUT2D eigenvalue weighted by atomic mass is 32.2. The van der Waals surface area contributed by atoms with Crippen LogP contribution in [0.2, 0.25) is 0 Å². The van der Waals surface area contributed by atoms with Gasteiger partial charge in [-0.1, -0.05) is 24.6 Å². The van der Waals surface area contributed by atoms with Crippen molar-refractivity contribution < 1.29 is 13.2 Å². The molecule has 1 N–H and O–H groups in total. The predicted octanol–water partition coefficient (Wildman–Crippen LogP) is 1.68. The zero-order valence-electron chi connectivity index (χ0n) is 18.3. The number of nitrogens with one attached hydrogen (secondary N) is 1. The molecule has 1 amide bonds. The molecule has 0 radical (unpaired) electrons. The van der Waals surface area contributed by atoms with Crippen molar-refractivity contribution in [3.8, 4) is 0 Å². The zero-order chi connectivity index (χ0) is 21.6. The number of amides is 1. The highest BCUT2D eigenvalue weighted by molar-refractivity contribution is 7.89. The van der Waals surface area contributed by atoms with E-state index in [9.17, 15) is 13.2 Å². The molecule has 0 saturated carbocycles. The minimum absolute atomic E-state index is 0.0350. The highest BCUT2D eigenvalue weighted by Crippen LogP contribution is 2.21. The molecule has 0 spiro atoms. The van der Waals surface area contributed by atoms with Crippen LogP contribution in [0.3, 0.4) is 0 Å². The van der Waals surface area contributed by atoms with Crippen LogP contribution in [-0.2, 0) is 14.8 Å². The zero-order valence-corrected chi connectivity index (χ0v) is 19.2. The Balaban J connectivity index is 1.72. The van der Waals surface area contributed by atoms with E-state index < -0.39 is 10.0 Å². The molecule has 0 bridgehead atoms. The average Bonchev–Trinajstić information content (AvgIpc) is 2.75. The third-order valence-electron chi connectivity index (χ3n) is 6.33. The van der Waals surface area contributed by atoms with E-state index in [0.29, 0.717) is 37.1 Å². The Bertz CT molecular complexity index is 808. The topological polar surface area (TPSA) is 73.0 Å². The Hall–Kier alpha value is -1.48. The SMILES string of the molecule is Cc1ccccc1S(=O)(=O)N(CCC(=O)N1CCNCC1)CCN1CCCC[C@@H]1C. The molecule has 0 aliphatic carbocycles. The van der Waals surface area contributed by atoms with Crippen LogP contribution in [0.15, 0.2) is 29.2 Å². The second-order valence-electron chi connectivity index (χ2n) is 8.43. The molecule has 2 aliphatic heterocycles. The number of piperidine rings is 1. The van der Waals surface area contributed by atoms with Gasteiger partial charge in [0.05, 0.1) is 4.90 Å². The summed E-state index contributed by atoms with van der Waals surface area (Å²) in [6, 6.07) is 7.58. The van der Waals surface area contributed by atoms with Gasteiger partial charge in [-0.05, 0) is 44.9 Å². The van der Waals surface area contributed by atoms with Crippen molar-refractivity contribution in [1.29, 1.82) is 0 Å². The molecule has 30 heavy (non-hydrogen) atoms. The summed E-state index contributed by atoms with van der Waals surface area (Å²) in [7, 11) is -3.65. The third kappa shape index (κ3) is 5.81. The lowest BCUT2D eigenvalue weighted by Crippen LogP contribution is -2.48. The monoisotopic (exact) mass is 436 g/mol. The van der Waals surface area contributed by atoms with E-state index >= 15 is 0 Å². The Morgan fingerprint density at radius 2 is 1.87 bits per heavy atom. The fraction of sp³-hybridized carbons (Fsp3) is 0.682. The first kappa shape index (κ1) is 23.2. The van der Waals surface area contributed by atoms with Gasteiger partial charge in [-0.2, -0.15) is 4.31 Å². The molecule has 2 aliphatic rings. The lowest BCUT2D eigenvalue weighted by molar-refractivity contribution is -0.131. The van der Waals surface area contributed by atoms with Crippen molar-refractivity contribution in [2.24, 2.45) is 0 Å².